The van der Waals surface area contributed by atoms with Gasteiger partial charge in [0.15, 0.2) is 0 Å². The Morgan fingerprint density at radius 2 is 1.59 bits per heavy atom. The molecule has 0 aromatic rings. The van der Waals surface area contributed by atoms with Crippen molar-refractivity contribution in [2.24, 2.45) is 34.5 Å². The third-order valence-corrected chi connectivity index (χ3v) is 8.84. The van der Waals surface area contributed by atoms with Gasteiger partial charge in [-0.05, 0) is 92.3 Å². The highest BCUT2D eigenvalue weighted by molar-refractivity contribution is 5.09. The maximum atomic E-state index is 10.1. The zero-order valence-corrected chi connectivity index (χ0v) is 14.7. The van der Waals surface area contributed by atoms with E-state index in [0.717, 1.165) is 36.5 Å². The molecule has 126 valence electrons. The number of hydrogen-bond acceptors (Lipinski definition) is 2. The maximum absolute atomic E-state index is 10.1. The lowest BCUT2D eigenvalue weighted by Crippen LogP contribution is -2.54. The minimum Gasteiger partial charge on any atom is -0.393 e. The van der Waals surface area contributed by atoms with E-state index in [1.807, 2.05) is 7.11 Å². The van der Waals surface area contributed by atoms with Crippen LogP contribution >= 0.6 is 0 Å². The molecule has 0 spiro atoms. The number of hydrogen-bond donors (Lipinski definition) is 1. The molecular weight excluding hydrogens is 272 g/mol. The van der Waals surface area contributed by atoms with Crippen molar-refractivity contribution in [2.75, 3.05) is 7.11 Å². The summed E-state index contributed by atoms with van der Waals surface area (Å²) in [5.74, 6) is 3.50. The van der Waals surface area contributed by atoms with Gasteiger partial charge in [-0.1, -0.05) is 13.8 Å². The van der Waals surface area contributed by atoms with Gasteiger partial charge in [-0.3, -0.25) is 0 Å². The number of fused-ring (bicyclic) bond motifs is 5. The Kier molecular flexibility index (Phi) is 3.66. The Hall–Kier alpha value is -0.0800. The molecule has 4 saturated carbocycles. The summed E-state index contributed by atoms with van der Waals surface area (Å²) in [6, 6.07) is 0. The van der Waals surface area contributed by atoms with E-state index in [9.17, 15) is 5.11 Å². The average Bonchev–Trinajstić information content (AvgIpc) is 2.84. The predicted molar refractivity (Wildman–Crippen MR) is 88.5 cm³/mol. The van der Waals surface area contributed by atoms with Crippen molar-refractivity contribution in [2.45, 2.75) is 83.8 Å². The first kappa shape index (κ1) is 15.4. The van der Waals surface area contributed by atoms with Gasteiger partial charge in [0.25, 0.3) is 0 Å². The monoisotopic (exact) mass is 306 g/mol. The van der Waals surface area contributed by atoms with Crippen molar-refractivity contribution in [1.29, 1.82) is 0 Å². The van der Waals surface area contributed by atoms with Crippen molar-refractivity contribution >= 4 is 0 Å². The first-order valence-corrected chi connectivity index (χ1v) is 9.70. The largest absolute Gasteiger partial charge is 0.393 e. The minimum absolute atomic E-state index is 0.0205. The van der Waals surface area contributed by atoms with Crippen LogP contribution in [-0.4, -0.2) is 24.4 Å². The molecule has 4 aliphatic rings. The Balaban J connectivity index is 1.61. The van der Waals surface area contributed by atoms with E-state index in [0.29, 0.717) is 16.9 Å². The topological polar surface area (TPSA) is 29.5 Å². The van der Waals surface area contributed by atoms with Gasteiger partial charge >= 0.3 is 0 Å². The Morgan fingerprint density at radius 3 is 2.36 bits per heavy atom. The van der Waals surface area contributed by atoms with Gasteiger partial charge in [0.2, 0.25) is 0 Å². The lowest BCUT2D eigenvalue weighted by atomic mass is 9.45. The van der Waals surface area contributed by atoms with Crippen LogP contribution in [0.3, 0.4) is 0 Å². The zero-order valence-electron chi connectivity index (χ0n) is 14.7. The second-order valence-corrected chi connectivity index (χ2v) is 9.43. The van der Waals surface area contributed by atoms with Crippen molar-refractivity contribution in [3.63, 3.8) is 0 Å². The molecule has 0 aromatic carbocycles. The smallest absolute Gasteiger partial charge is 0.0627 e. The number of aliphatic hydroxyl groups is 1. The van der Waals surface area contributed by atoms with Crippen LogP contribution in [0.5, 0.6) is 0 Å². The van der Waals surface area contributed by atoms with E-state index < -0.39 is 0 Å². The van der Waals surface area contributed by atoms with E-state index >= 15 is 0 Å². The van der Waals surface area contributed by atoms with Crippen LogP contribution in [0.25, 0.3) is 0 Å². The average molecular weight is 306 g/mol. The molecule has 0 bridgehead atoms. The number of rotatable bonds is 1. The maximum Gasteiger partial charge on any atom is 0.0627 e. The Bertz CT molecular complexity index is 435. The van der Waals surface area contributed by atoms with E-state index in [-0.39, 0.29) is 6.10 Å². The standard InChI is InChI=1S/C20H34O2/c1-19-10-8-14(21)12-13(19)4-5-15-16-6-7-18(22-3)20(16,2)11-9-17(15)19/h13-18,21H,4-12H2,1-3H3/t13?,14?,15-,16-,17+,18?,19-,20-/m0/s1. The molecule has 0 radical (unpaired) electrons. The summed E-state index contributed by atoms with van der Waals surface area (Å²) in [6.45, 7) is 5.10. The third-order valence-electron chi connectivity index (χ3n) is 8.84. The van der Waals surface area contributed by atoms with Crippen LogP contribution in [0.4, 0.5) is 0 Å². The SMILES string of the molecule is COC1CC[C@H]2[C@@H]3CCC4CC(O)CC[C@]4(C)[C@@H]3CC[C@]12C. The van der Waals surface area contributed by atoms with Gasteiger partial charge in [-0.25, -0.2) is 0 Å². The van der Waals surface area contributed by atoms with E-state index in [1.54, 1.807) is 0 Å². The number of methoxy groups -OCH3 is 1. The molecule has 0 amide bonds. The highest BCUT2D eigenvalue weighted by atomic mass is 16.5. The van der Waals surface area contributed by atoms with Gasteiger partial charge in [-0.15, -0.1) is 0 Å². The first-order chi connectivity index (χ1) is 10.5. The summed E-state index contributed by atoms with van der Waals surface area (Å²) in [4.78, 5) is 0. The molecule has 3 unspecified atom stereocenters. The summed E-state index contributed by atoms with van der Waals surface area (Å²) in [6.07, 6.45) is 12.1. The van der Waals surface area contributed by atoms with Gasteiger partial charge in [0.05, 0.1) is 12.2 Å². The summed E-state index contributed by atoms with van der Waals surface area (Å²) >= 11 is 0. The number of ether oxygens (including phenoxy) is 1. The fourth-order valence-corrected chi connectivity index (χ4v) is 7.57. The molecule has 0 aliphatic heterocycles. The molecule has 4 rings (SSSR count). The third kappa shape index (κ3) is 1.99. The van der Waals surface area contributed by atoms with Crippen LogP contribution in [0.15, 0.2) is 0 Å². The molecule has 0 heterocycles. The quantitative estimate of drug-likeness (QED) is 0.778. The summed E-state index contributed by atoms with van der Waals surface area (Å²) in [7, 11) is 1.92. The molecule has 2 nitrogen and oxygen atoms in total. The van der Waals surface area contributed by atoms with Crippen LogP contribution in [0.2, 0.25) is 0 Å². The minimum atomic E-state index is -0.0205. The summed E-state index contributed by atoms with van der Waals surface area (Å²) in [5, 5.41) is 10.1. The fraction of sp³-hybridized carbons (Fsp3) is 1.00. The molecule has 22 heavy (non-hydrogen) atoms. The molecule has 0 saturated heterocycles. The molecule has 8 atom stereocenters. The van der Waals surface area contributed by atoms with Crippen LogP contribution in [0.1, 0.15) is 71.6 Å². The lowest BCUT2D eigenvalue weighted by Gasteiger charge is -2.60. The molecule has 4 aliphatic carbocycles. The van der Waals surface area contributed by atoms with Gasteiger partial charge in [0, 0.05) is 7.11 Å². The van der Waals surface area contributed by atoms with E-state index in [4.69, 9.17) is 4.74 Å². The highest BCUT2D eigenvalue weighted by Crippen LogP contribution is 2.66. The van der Waals surface area contributed by atoms with Crippen LogP contribution in [-0.2, 0) is 4.74 Å². The molecule has 1 N–H and O–H groups in total. The molecule has 2 heteroatoms. The molecule has 4 fully saturated rings. The van der Waals surface area contributed by atoms with Crippen molar-refractivity contribution in [1.82, 2.24) is 0 Å². The summed E-state index contributed by atoms with van der Waals surface area (Å²) in [5.41, 5.74) is 0.946. The Morgan fingerprint density at radius 1 is 0.864 bits per heavy atom. The fourth-order valence-electron chi connectivity index (χ4n) is 7.57. The number of aliphatic hydroxyl groups excluding tert-OH is 1. The van der Waals surface area contributed by atoms with Crippen LogP contribution < -0.4 is 0 Å². The second-order valence-electron chi connectivity index (χ2n) is 9.43. The molecule has 0 aromatic heterocycles. The second kappa shape index (κ2) is 5.21. The predicted octanol–water partition coefficient (Wildman–Crippen LogP) is 4.41. The highest BCUT2D eigenvalue weighted by Gasteiger charge is 2.60. The first-order valence-electron chi connectivity index (χ1n) is 9.70. The van der Waals surface area contributed by atoms with Crippen LogP contribution in [0, 0.1) is 34.5 Å². The zero-order chi connectivity index (χ0) is 15.5. The van der Waals surface area contributed by atoms with E-state index in [1.165, 1.54) is 44.9 Å². The van der Waals surface area contributed by atoms with Gasteiger partial charge < -0.3 is 9.84 Å². The van der Waals surface area contributed by atoms with Crippen molar-refractivity contribution in [3.8, 4) is 0 Å². The lowest BCUT2D eigenvalue weighted by molar-refractivity contribution is -0.137. The van der Waals surface area contributed by atoms with Crippen molar-refractivity contribution < 1.29 is 9.84 Å². The van der Waals surface area contributed by atoms with Gasteiger partial charge in [0.1, 0.15) is 0 Å². The summed E-state index contributed by atoms with van der Waals surface area (Å²) < 4.78 is 5.88. The van der Waals surface area contributed by atoms with Crippen molar-refractivity contribution in [3.05, 3.63) is 0 Å². The Labute approximate surface area is 136 Å². The molecular formula is C20H34O2. The van der Waals surface area contributed by atoms with E-state index in [2.05, 4.69) is 13.8 Å². The van der Waals surface area contributed by atoms with Gasteiger partial charge in [-0.2, -0.15) is 0 Å². The normalized spacial score (nSPS) is 57.8.